The smallest absolute Gasteiger partial charge is 0.340 e. The second-order valence-electron chi connectivity index (χ2n) is 11.0. The van der Waals surface area contributed by atoms with Crippen molar-refractivity contribution < 1.29 is 27.8 Å². The van der Waals surface area contributed by atoms with Crippen LogP contribution in [0.15, 0.2) is 120 Å². The van der Waals surface area contributed by atoms with Gasteiger partial charge in [0, 0.05) is 45.4 Å². The van der Waals surface area contributed by atoms with Crippen molar-refractivity contribution >= 4 is 43.8 Å². The first kappa shape index (κ1) is 36.5. The largest absolute Gasteiger partial charge is 0.462 e. The van der Waals surface area contributed by atoms with Crippen LogP contribution < -0.4 is 0 Å². The maximum absolute atomic E-state index is 13.4. The van der Waals surface area contributed by atoms with Gasteiger partial charge in [0.25, 0.3) is 0 Å². The van der Waals surface area contributed by atoms with Crippen LogP contribution in [-0.4, -0.2) is 34.3 Å². The van der Waals surface area contributed by atoms with E-state index in [4.69, 9.17) is 9.47 Å². The van der Waals surface area contributed by atoms with Crippen LogP contribution >= 0.6 is 31.9 Å². The lowest BCUT2D eigenvalue weighted by Gasteiger charge is -2.10. The van der Waals surface area contributed by atoms with Crippen LogP contribution in [0.3, 0.4) is 0 Å². The number of carbonyl (C=O) groups excluding carboxylic acids is 2. The molecule has 0 amide bonds. The first-order valence-corrected chi connectivity index (χ1v) is 17.8. The van der Waals surface area contributed by atoms with E-state index in [1.54, 1.807) is 38.1 Å². The Bertz CT molecular complexity index is 2080. The highest BCUT2D eigenvalue weighted by Crippen LogP contribution is 2.40. The number of hydrogen-bond acceptors (Lipinski definition) is 4. The minimum absolute atomic E-state index is 0.286. The van der Waals surface area contributed by atoms with E-state index in [1.807, 2.05) is 82.9 Å². The molecule has 6 nitrogen and oxygen atoms in total. The Balaban J connectivity index is 0.000000195. The highest BCUT2D eigenvalue weighted by Gasteiger charge is 2.28. The van der Waals surface area contributed by atoms with Crippen LogP contribution in [0.5, 0.6) is 0 Å². The summed E-state index contributed by atoms with van der Waals surface area (Å²) >= 11 is 7.13. The molecule has 50 heavy (non-hydrogen) atoms. The molecule has 0 saturated carbocycles. The summed E-state index contributed by atoms with van der Waals surface area (Å²) < 4.78 is 41.6. The van der Waals surface area contributed by atoms with E-state index in [-0.39, 0.29) is 30.2 Å². The third-order valence-electron chi connectivity index (χ3n) is 7.88. The third-order valence-corrected chi connectivity index (χ3v) is 9.17. The number of carbonyl (C=O) groups is 2. The maximum Gasteiger partial charge on any atom is 0.340 e. The lowest BCUT2D eigenvalue weighted by molar-refractivity contribution is 0.0516. The number of rotatable bonds is 9. The molecular weight excluding hydrogens is 770 g/mol. The molecule has 0 spiro atoms. The third kappa shape index (κ3) is 7.82. The highest BCUT2D eigenvalue weighted by molar-refractivity contribution is 9.10. The van der Waals surface area contributed by atoms with E-state index >= 15 is 0 Å². The van der Waals surface area contributed by atoms with Gasteiger partial charge in [-0.25, -0.2) is 18.4 Å². The molecule has 0 N–H and O–H groups in total. The first-order valence-electron chi connectivity index (χ1n) is 15.9. The molecule has 2 heterocycles. The van der Waals surface area contributed by atoms with Crippen LogP contribution in [0.2, 0.25) is 0 Å². The molecule has 0 aliphatic carbocycles. The van der Waals surface area contributed by atoms with Crippen molar-refractivity contribution in [2.75, 3.05) is 13.2 Å². The summed E-state index contributed by atoms with van der Waals surface area (Å²) in [5.74, 6) is -1.35. The van der Waals surface area contributed by atoms with Crippen LogP contribution in [0, 0.1) is 18.6 Å². The van der Waals surface area contributed by atoms with Gasteiger partial charge in [0.15, 0.2) is 0 Å². The van der Waals surface area contributed by atoms with E-state index < -0.39 is 0 Å². The molecule has 256 valence electrons. The summed E-state index contributed by atoms with van der Waals surface area (Å²) in [7, 11) is 0. The van der Waals surface area contributed by atoms with Gasteiger partial charge < -0.3 is 18.6 Å². The van der Waals surface area contributed by atoms with Gasteiger partial charge in [-0.2, -0.15) is 0 Å². The second kappa shape index (κ2) is 16.7. The van der Waals surface area contributed by atoms with Crippen molar-refractivity contribution in [3.05, 3.63) is 154 Å². The van der Waals surface area contributed by atoms with Gasteiger partial charge >= 0.3 is 11.9 Å². The zero-order valence-electron chi connectivity index (χ0n) is 27.6. The van der Waals surface area contributed by atoms with E-state index in [0.29, 0.717) is 27.7 Å². The quantitative estimate of drug-likeness (QED) is 0.108. The van der Waals surface area contributed by atoms with Crippen molar-refractivity contribution in [3.8, 4) is 33.6 Å². The Morgan fingerprint density at radius 1 is 0.680 bits per heavy atom. The molecule has 0 unspecified atom stereocenters. The van der Waals surface area contributed by atoms with Crippen molar-refractivity contribution in [2.45, 2.75) is 26.1 Å². The molecule has 0 aliphatic rings. The van der Waals surface area contributed by atoms with E-state index in [0.717, 1.165) is 45.0 Å². The lowest BCUT2D eigenvalue weighted by Crippen LogP contribution is -2.09. The van der Waals surface area contributed by atoms with Crippen molar-refractivity contribution in [1.29, 1.82) is 0 Å². The van der Waals surface area contributed by atoms with Crippen LogP contribution in [0.4, 0.5) is 8.78 Å². The summed E-state index contributed by atoms with van der Waals surface area (Å²) in [6.45, 7) is 6.02. The number of esters is 2. The summed E-state index contributed by atoms with van der Waals surface area (Å²) in [4.78, 5) is 25.2. The molecule has 10 heteroatoms. The maximum atomic E-state index is 13.4. The standard InChI is InChI=1S/C20H16Br2FNO2.C20H18FNO2/c1-2-26-20(25)18-16(12-21)24(15-10-8-14(23)9-11-15)19(22)17(18)13-6-4-3-5-7-13;1-3-24-20(23)19-14(2)22(17-11-9-16(21)10-12-17)13-18(19)15-7-5-4-6-8-15/h3-11H,2,12H2,1H3;4-13H,3H2,1-2H3. The number of ether oxygens (including phenoxy) is 2. The van der Waals surface area contributed by atoms with E-state index in [9.17, 15) is 18.4 Å². The number of benzene rings is 4. The molecule has 0 fully saturated rings. The minimum atomic E-state index is -0.387. The van der Waals surface area contributed by atoms with Gasteiger partial charge in [0.1, 0.15) is 11.6 Å². The van der Waals surface area contributed by atoms with Gasteiger partial charge in [-0.05, 0) is 96.4 Å². The van der Waals surface area contributed by atoms with Crippen molar-refractivity contribution in [1.82, 2.24) is 9.13 Å². The summed E-state index contributed by atoms with van der Waals surface area (Å²) in [5, 5.41) is 0.434. The normalized spacial score (nSPS) is 10.7. The Hall–Kier alpha value is -4.80. The fourth-order valence-electron chi connectivity index (χ4n) is 5.64. The van der Waals surface area contributed by atoms with Gasteiger partial charge in [-0.1, -0.05) is 76.6 Å². The van der Waals surface area contributed by atoms with Crippen LogP contribution in [0.25, 0.3) is 33.6 Å². The highest BCUT2D eigenvalue weighted by atomic mass is 79.9. The fraction of sp³-hybridized carbons (Fsp3) is 0.150. The Kier molecular flexibility index (Phi) is 12.2. The predicted octanol–water partition coefficient (Wildman–Crippen LogP) is 10.9. The number of aromatic nitrogens is 2. The zero-order valence-corrected chi connectivity index (χ0v) is 30.8. The van der Waals surface area contributed by atoms with E-state index in [1.165, 1.54) is 24.3 Å². The monoisotopic (exact) mass is 802 g/mol. The van der Waals surface area contributed by atoms with E-state index in [2.05, 4.69) is 31.9 Å². The molecular formula is C40H34Br2F2N2O4. The Labute approximate surface area is 306 Å². The molecule has 0 atom stereocenters. The van der Waals surface area contributed by atoms with Crippen LogP contribution in [0.1, 0.15) is 46.0 Å². The van der Waals surface area contributed by atoms with Crippen LogP contribution in [-0.2, 0) is 14.8 Å². The molecule has 6 rings (SSSR count). The fourth-order valence-corrected chi connectivity index (χ4v) is 7.02. The Morgan fingerprint density at radius 3 is 1.66 bits per heavy atom. The molecule has 0 radical (unpaired) electrons. The first-order chi connectivity index (χ1) is 24.2. The summed E-state index contributed by atoms with van der Waals surface area (Å²) in [6.07, 6.45) is 1.89. The molecule has 2 aromatic heterocycles. The SMILES string of the molecule is CCOC(=O)c1c(-c2ccccc2)c(Br)n(-c2ccc(F)cc2)c1CBr.CCOC(=O)c1c(-c2ccccc2)cn(-c2ccc(F)cc2)c1C. The van der Waals surface area contributed by atoms with Crippen molar-refractivity contribution in [3.63, 3.8) is 0 Å². The lowest BCUT2D eigenvalue weighted by atomic mass is 10.0. The average Bonchev–Trinajstić information content (AvgIpc) is 3.64. The topological polar surface area (TPSA) is 62.5 Å². The van der Waals surface area contributed by atoms with Gasteiger partial charge in [-0.3, -0.25) is 0 Å². The van der Waals surface area contributed by atoms with Crippen molar-refractivity contribution in [2.24, 2.45) is 0 Å². The summed E-state index contributed by atoms with van der Waals surface area (Å²) in [5.41, 5.74) is 7.45. The Morgan fingerprint density at radius 2 is 1.16 bits per heavy atom. The molecule has 0 saturated heterocycles. The number of alkyl halides is 1. The number of halogens is 4. The summed E-state index contributed by atoms with van der Waals surface area (Å²) in [6, 6.07) is 31.6. The van der Waals surface area contributed by atoms with Gasteiger partial charge in [-0.15, -0.1) is 0 Å². The molecule has 4 aromatic carbocycles. The zero-order chi connectivity index (χ0) is 35.8. The number of nitrogens with zero attached hydrogens (tertiary/aromatic N) is 2. The van der Waals surface area contributed by atoms with Gasteiger partial charge in [0.05, 0.1) is 28.9 Å². The predicted molar refractivity (Wildman–Crippen MR) is 199 cm³/mol. The minimum Gasteiger partial charge on any atom is -0.462 e. The molecule has 0 bridgehead atoms. The molecule has 0 aliphatic heterocycles. The second-order valence-corrected chi connectivity index (χ2v) is 12.3. The number of hydrogen-bond donors (Lipinski definition) is 0. The van der Waals surface area contributed by atoms with Gasteiger partial charge in [0.2, 0.25) is 0 Å². The average molecular weight is 805 g/mol. The molecule has 6 aromatic rings.